The highest BCUT2D eigenvalue weighted by Gasteiger charge is 2.18. The fourth-order valence-corrected chi connectivity index (χ4v) is 4.19. The summed E-state index contributed by atoms with van der Waals surface area (Å²) in [6.07, 6.45) is 0. The van der Waals surface area contributed by atoms with Gasteiger partial charge in [0, 0.05) is 16.8 Å². The van der Waals surface area contributed by atoms with Crippen LogP contribution in [-0.2, 0) is 0 Å². The Kier molecular flexibility index (Phi) is 4.74. The summed E-state index contributed by atoms with van der Waals surface area (Å²) in [5.41, 5.74) is 8.67. The summed E-state index contributed by atoms with van der Waals surface area (Å²) in [6.45, 7) is 5.65. The second kappa shape index (κ2) is 7.21. The number of hydrogen-bond acceptors (Lipinski definition) is 6. The van der Waals surface area contributed by atoms with Crippen LogP contribution in [0.2, 0.25) is 5.02 Å². The number of hydrogen-bond donors (Lipinski definition) is 2. The summed E-state index contributed by atoms with van der Waals surface area (Å²) >= 11 is 7.67. The van der Waals surface area contributed by atoms with Crippen molar-refractivity contribution in [1.29, 1.82) is 0 Å². The lowest BCUT2D eigenvalue weighted by atomic mass is 10.3. The van der Waals surface area contributed by atoms with Crippen LogP contribution < -0.4 is 10.9 Å². The second-order valence-corrected chi connectivity index (χ2v) is 7.77. The molecule has 0 aliphatic carbocycles. The molecule has 28 heavy (non-hydrogen) atoms. The average Bonchev–Trinajstić information content (AvgIpc) is 3.20. The summed E-state index contributed by atoms with van der Waals surface area (Å²) in [6, 6.07) is 11.2. The van der Waals surface area contributed by atoms with Crippen molar-refractivity contribution in [1.82, 2.24) is 25.2 Å². The van der Waals surface area contributed by atoms with E-state index in [9.17, 15) is 4.79 Å². The number of fused-ring (bicyclic) bond motifs is 1. The fraction of sp³-hybridized carbons (Fsp3) is 0.158. The highest BCUT2D eigenvalue weighted by Crippen LogP contribution is 2.32. The molecule has 7 nitrogen and oxygen atoms in total. The number of carbonyl (C=O) groups is 1. The van der Waals surface area contributed by atoms with Crippen molar-refractivity contribution in [2.45, 2.75) is 20.8 Å². The molecule has 2 N–H and O–H groups in total. The number of aryl methyl sites for hydroxylation is 3. The summed E-state index contributed by atoms with van der Waals surface area (Å²) in [7, 11) is 0. The molecule has 3 heterocycles. The van der Waals surface area contributed by atoms with E-state index in [0.29, 0.717) is 15.8 Å². The Morgan fingerprint density at radius 3 is 2.54 bits per heavy atom. The Hall–Kier alpha value is -2.97. The first-order valence-electron chi connectivity index (χ1n) is 8.55. The van der Waals surface area contributed by atoms with Gasteiger partial charge in [-0.1, -0.05) is 23.7 Å². The van der Waals surface area contributed by atoms with Crippen LogP contribution in [0.1, 0.15) is 26.8 Å². The van der Waals surface area contributed by atoms with Gasteiger partial charge in [-0.05, 0) is 45.0 Å². The molecule has 0 unspecified atom stereocenters. The van der Waals surface area contributed by atoms with Gasteiger partial charge in [-0.3, -0.25) is 15.6 Å². The smallest absolute Gasteiger partial charge is 0.266 e. The predicted octanol–water partition coefficient (Wildman–Crippen LogP) is 4.21. The van der Waals surface area contributed by atoms with E-state index < -0.39 is 0 Å². The first-order valence-corrected chi connectivity index (χ1v) is 9.74. The third kappa shape index (κ3) is 3.44. The average molecular weight is 413 g/mol. The topological polar surface area (TPSA) is 84.7 Å². The molecule has 0 aliphatic heterocycles. The lowest BCUT2D eigenvalue weighted by Gasteiger charge is -2.07. The number of thiophene rings is 1. The molecule has 0 spiro atoms. The molecule has 0 saturated carbocycles. The molecule has 4 aromatic rings. The number of rotatable bonds is 4. The number of aromatic nitrogens is 4. The molecule has 0 fully saturated rings. The maximum atomic E-state index is 12.6. The van der Waals surface area contributed by atoms with Crippen LogP contribution in [0.25, 0.3) is 15.9 Å². The van der Waals surface area contributed by atoms with Crippen LogP contribution in [0.4, 0.5) is 5.95 Å². The van der Waals surface area contributed by atoms with E-state index in [2.05, 4.69) is 25.9 Å². The molecule has 0 atom stereocenters. The van der Waals surface area contributed by atoms with Gasteiger partial charge in [0.2, 0.25) is 5.95 Å². The number of nitrogens with one attached hydrogen (secondary N) is 2. The van der Waals surface area contributed by atoms with Crippen LogP contribution in [0.15, 0.2) is 36.4 Å². The van der Waals surface area contributed by atoms with Gasteiger partial charge in [-0.15, -0.1) is 11.3 Å². The molecule has 1 amide bonds. The Balaban J connectivity index is 1.62. The second-order valence-electron chi connectivity index (χ2n) is 6.33. The molecule has 1 aromatic carbocycles. The zero-order valence-corrected chi connectivity index (χ0v) is 17.0. The van der Waals surface area contributed by atoms with Gasteiger partial charge in [0.15, 0.2) is 0 Å². The third-order valence-electron chi connectivity index (χ3n) is 4.12. The molecule has 0 bridgehead atoms. The number of halogens is 1. The van der Waals surface area contributed by atoms with Crippen molar-refractivity contribution in [3.8, 4) is 5.69 Å². The Labute approximate surface area is 170 Å². The number of hydrazine groups is 1. The molecule has 0 radical (unpaired) electrons. The first-order chi connectivity index (χ1) is 13.4. The Morgan fingerprint density at radius 1 is 1.11 bits per heavy atom. The van der Waals surface area contributed by atoms with Crippen molar-refractivity contribution < 1.29 is 4.79 Å². The minimum atomic E-state index is -0.269. The highest BCUT2D eigenvalue weighted by molar-refractivity contribution is 7.20. The Morgan fingerprint density at radius 2 is 1.82 bits per heavy atom. The monoisotopic (exact) mass is 412 g/mol. The van der Waals surface area contributed by atoms with Crippen LogP contribution in [0.3, 0.4) is 0 Å². The van der Waals surface area contributed by atoms with Gasteiger partial charge in [0.25, 0.3) is 5.91 Å². The molecule has 142 valence electrons. The number of carbonyl (C=O) groups excluding carboxylic acids is 1. The van der Waals surface area contributed by atoms with Crippen molar-refractivity contribution in [3.63, 3.8) is 0 Å². The SMILES string of the molecule is Cc1cc(C)nc(NNC(=O)c2cc3c(C)nn(-c4ccccc4Cl)c3s2)n1. The number of anilines is 1. The van der Waals surface area contributed by atoms with E-state index in [4.69, 9.17) is 11.6 Å². The summed E-state index contributed by atoms with van der Waals surface area (Å²) < 4.78 is 1.77. The molecule has 0 saturated heterocycles. The fourth-order valence-electron chi connectivity index (χ4n) is 2.90. The molecule has 4 rings (SSSR count). The van der Waals surface area contributed by atoms with E-state index in [-0.39, 0.29) is 5.91 Å². The van der Waals surface area contributed by atoms with Gasteiger partial charge >= 0.3 is 0 Å². The van der Waals surface area contributed by atoms with Crippen molar-refractivity contribution in [2.24, 2.45) is 0 Å². The first kappa shape index (κ1) is 18.4. The van der Waals surface area contributed by atoms with E-state index in [0.717, 1.165) is 33.0 Å². The maximum absolute atomic E-state index is 12.6. The quantitative estimate of drug-likeness (QED) is 0.490. The van der Waals surface area contributed by atoms with E-state index >= 15 is 0 Å². The normalized spacial score (nSPS) is 11.0. The minimum Gasteiger partial charge on any atom is -0.266 e. The lowest BCUT2D eigenvalue weighted by molar-refractivity contribution is 0.0966. The zero-order chi connectivity index (χ0) is 19.8. The largest absolute Gasteiger partial charge is 0.279 e. The van der Waals surface area contributed by atoms with Crippen LogP contribution >= 0.6 is 22.9 Å². The van der Waals surface area contributed by atoms with Crippen molar-refractivity contribution in [2.75, 3.05) is 5.43 Å². The number of amides is 1. The van der Waals surface area contributed by atoms with Gasteiger partial charge < -0.3 is 0 Å². The molecule has 3 aromatic heterocycles. The van der Waals surface area contributed by atoms with Crippen LogP contribution in [0.5, 0.6) is 0 Å². The maximum Gasteiger partial charge on any atom is 0.279 e. The molecular weight excluding hydrogens is 396 g/mol. The molecule has 0 aliphatic rings. The predicted molar refractivity (Wildman–Crippen MR) is 111 cm³/mol. The molecule has 9 heteroatoms. The standard InChI is InChI=1S/C19H17ClN6OS/c1-10-8-11(2)22-19(21-10)24-23-17(27)16-9-13-12(3)25-26(18(13)28-16)15-7-5-4-6-14(15)20/h4-9H,1-3H3,(H,23,27)(H,21,22,24). The minimum absolute atomic E-state index is 0.269. The van der Waals surface area contributed by atoms with Gasteiger partial charge in [0.1, 0.15) is 4.83 Å². The number of para-hydroxylation sites is 1. The van der Waals surface area contributed by atoms with Crippen LogP contribution in [-0.4, -0.2) is 25.7 Å². The van der Waals surface area contributed by atoms with E-state index in [1.54, 1.807) is 4.68 Å². The van der Waals surface area contributed by atoms with E-state index in [1.807, 2.05) is 57.2 Å². The highest BCUT2D eigenvalue weighted by atomic mass is 35.5. The van der Waals surface area contributed by atoms with Gasteiger partial charge in [0.05, 0.1) is 21.3 Å². The van der Waals surface area contributed by atoms with Gasteiger partial charge in [-0.2, -0.15) is 5.10 Å². The van der Waals surface area contributed by atoms with Crippen molar-refractivity contribution >= 4 is 45.0 Å². The summed E-state index contributed by atoms with van der Waals surface area (Å²) in [4.78, 5) is 22.5. The zero-order valence-electron chi connectivity index (χ0n) is 15.4. The van der Waals surface area contributed by atoms with Crippen molar-refractivity contribution in [3.05, 3.63) is 63.4 Å². The third-order valence-corrected chi connectivity index (χ3v) is 5.55. The Bertz CT molecular complexity index is 1180. The summed E-state index contributed by atoms with van der Waals surface area (Å²) in [5, 5.41) is 6.08. The summed E-state index contributed by atoms with van der Waals surface area (Å²) in [5.74, 6) is 0.0828. The number of nitrogens with zero attached hydrogens (tertiary/aromatic N) is 4. The van der Waals surface area contributed by atoms with E-state index in [1.165, 1.54) is 11.3 Å². The number of benzene rings is 1. The van der Waals surface area contributed by atoms with Gasteiger partial charge in [-0.25, -0.2) is 14.6 Å². The lowest BCUT2D eigenvalue weighted by Crippen LogP contribution is -2.29. The van der Waals surface area contributed by atoms with Crippen LogP contribution in [0, 0.1) is 20.8 Å². The molecular formula is C19H17ClN6OS.